The summed E-state index contributed by atoms with van der Waals surface area (Å²) in [6.07, 6.45) is 3.73. The lowest BCUT2D eigenvalue weighted by Gasteiger charge is -2.12. The smallest absolute Gasteiger partial charge is 0.181 e. The Bertz CT molecular complexity index is 515. The van der Waals surface area contributed by atoms with Crippen LogP contribution in [0, 0.1) is 5.41 Å². The largest absolute Gasteiger partial charge is 0.324 e. The molecule has 0 saturated carbocycles. The topological polar surface area (TPSA) is 41.7 Å². The predicted molar refractivity (Wildman–Crippen MR) is 65.8 cm³/mol. The summed E-state index contributed by atoms with van der Waals surface area (Å²) in [6.45, 7) is 2.92. The first-order valence-electron chi connectivity index (χ1n) is 4.97. The van der Waals surface area contributed by atoms with Crippen molar-refractivity contribution in [3.05, 3.63) is 45.4 Å². The average molecular weight is 254 g/mol. The first kappa shape index (κ1) is 11.4. The molecule has 0 spiro atoms. The van der Waals surface area contributed by atoms with Crippen molar-refractivity contribution in [3.63, 3.8) is 0 Å². The zero-order valence-electron chi connectivity index (χ0n) is 8.85. The molecule has 5 heteroatoms. The van der Waals surface area contributed by atoms with Crippen LogP contribution in [-0.2, 0) is 6.54 Å². The second-order valence-corrected chi connectivity index (χ2v) is 4.96. The Hall–Kier alpha value is -1.13. The fraction of sp³-hybridized carbons (Fsp3) is 0.273. The molecule has 1 atom stereocenters. The lowest BCUT2D eigenvalue weighted by molar-refractivity contribution is 0.580. The van der Waals surface area contributed by atoms with Crippen LogP contribution in [0.25, 0.3) is 0 Å². The van der Waals surface area contributed by atoms with Crippen LogP contribution in [0.3, 0.4) is 0 Å². The third-order valence-electron chi connectivity index (χ3n) is 2.47. The highest BCUT2D eigenvalue weighted by Crippen LogP contribution is 2.17. The highest BCUT2D eigenvalue weighted by Gasteiger charge is 2.07. The fourth-order valence-corrected chi connectivity index (χ4v) is 2.25. The standard InChI is InChI=1S/C11H12ClN3S/c1-8(7-15-4-5-16-11(15)13)9-2-3-10(12)14-6-9/h2-6,8,13H,7H2,1H3. The number of thiazole rings is 1. The molecule has 2 aromatic rings. The van der Waals surface area contributed by atoms with Crippen LogP contribution >= 0.6 is 22.9 Å². The van der Waals surface area contributed by atoms with Crippen molar-refractivity contribution in [1.82, 2.24) is 9.55 Å². The second kappa shape index (κ2) is 4.80. The van der Waals surface area contributed by atoms with E-state index in [1.54, 1.807) is 12.3 Å². The molecule has 1 unspecified atom stereocenters. The van der Waals surface area contributed by atoms with E-state index in [2.05, 4.69) is 11.9 Å². The van der Waals surface area contributed by atoms with E-state index in [4.69, 9.17) is 17.0 Å². The molecular formula is C11H12ClN3S. The van der Waals surface area contributed by atoms with Gasteiger partial charge in [0.2, 0.25) is 0 Å². The number of pyridine rings is 1. The summed E-state index contributed by atoms with van der Waals surface area (Å²) in [7, 11) is 0. The minimum Gasteiger partial charge on any atom is -0.324 e. The number of nitrogens with zero attached hydrogens (tertiary/aromatic N) is 2. The van der Waals surface area contributed by atoms with Crippen LogP contribution in [0.1, 0.15) is 18.4 Å². The molecule has 0 aliphatic rings. The van der Waals surface area contributed by atoms with E-state index in [1.807, 2.05) is 22.2 Å². The van der Waals surface area contributed by atoms with Crippen LogP contribution in [0.5, 0.6) is 0 Å². The molecule has 84 valence electrons. The molecule has 16 heavy (non-hydrogen) atoms. The van der Waals surface area contributed by atoms with Gasteiger partial charge in [0.25, 0.3) is 0 Å². The summed E-state index contributed by atoms with van der Waals surface area (Å²) in [6, 6.07) is 3.78. The summed E-state index contributed by atoms with van der Waals surface area (Å²) in [5, 5.41) is 10.1. The van der Waals surface area contributed by atoms with Gasteiger partial charge in [-0.2, -0.15) is 0 Å². The molecule has 0 amide bonds. The molecule has 2 aromatic heterocycles. The molecule has 0 aromatic carbocycles. The number of hydrogen-bond acceptors (Lipinski definition) is 3. The van der Waals surface area contributed by atoms with Crippen molar-refractivity contribution < 1.29 is 0 Å². The Labute approximate surface area is 103 Å². The maximum absolute atomic E-state index is 7.69. The van der Waals surface area contributed by atoms with Gasteiger partial charge in [-0.05, 0) is 11.6 Å². The minimum atomic E-state index is 0.327. The van der Waals surface area contributed by atoms with Crippen molar-refractivity contribution in [3.8, 4) is 0 Å². The third-order valence-corrected chi connectivity index (χ3v) is 3.41. The maximum atomic E-state index is 7.69. The normalized spacial score (nSPS) is 12.6. The Balaban J connectivity index is 2.14. The summed E-state index contributed by atoms with van der Waals surface area (Å²) in [5.41, 5.74) is 1.14. The molecule has 0 saturated heterocycles. The lowest BCUT2D eigenvalue weighted by atomic mass is 10.0. The van der Waals surface area contributed by atoms with E-state index < -0.39 is 0 Å². The predicted octanol–water partition coefficient (Wildman–Crippen LogP) is 2.88. The number of nitrogens with one attached hydrogen (secondary N) is 1. The highest BCUT2D eigenvalue weighted by atomic mass is 35.5. The zero-order chi connectivity index (χ0) is 11.5. The monoisotopic (exact) mass is 253 g/mol. The van der Waals surface area contributed by atoms with Crippen LogP contribution in [0.15, 0.2) is 29.9 Å². The second-order valence-electron chi connectivity index (χ2n) is 3.68. The third kappa shape index (κ3) is 2.51. The maximum Gasteiger partial charge on any atom is 0.181 e. The Morgan fingerprint density at radius 3 is 2.94 bits per heavy atom. The van der Waals surface area contributed by atoms with Gasteiger partial charge < -0.3 is 4.57 Å². The van der Waals surface area contributed by atoms with E-state index in [0.29, 0.717) is 15.9 Å². The van der Waals surface area contributed by atoms with Gasteiger partial charge in [-0.15, -0.1) is 11.3 Å². The van der Waals surface area contributed by atoms with E-state index in [9.17, 15) is 0 Å². The van der Waals surface area contributed by atoms with Crippen LogP contribution in [-0.4, -0.2) is 9.55 Å². The molecule has 0 radical (unpaired) electrons. The molecule has 0 aliphatic heterocycles. The van der Waals surface area contributed by atoms with Gasteiger partial charge in [0, 0.05) is 30.2 Å². The van der Waals surface area contributed by atoms with Crippen LogP contribution in [0.2, 0.25) is 5.15 Å². The average Bonchev–Trinajstić information content (AvgIpc) is 2.65. The van der Waals surface area contributed by atoms with Gasteiger partial charge >= 0.3 is 0 Å². The van der Waals surface area contributed by atoms with Crippen molar-refractivity contribution in [2.45, 2.75) is 19.4 Å². The minimum absolute atomic E-state index is 0.327. The Morgan fingerprint density at radius 2 is 2.38 bits per heavy atom. The number of halogens is 1. The van der Waals surface area contributed by atoms with Crippen LogP contribution in [0.4, 0.5) is 0 Å². The van der Waals surface area contributed by atoms with Crippen LogP contribution < -0.4 is 4.80 Å². The lowest BCUT2D eigenvalue weighted by Crippen LogP contribution is -2.16. The van der Waals surface area contributed by atoms with Gasteiger partial charge in [0.05, 0.1) is 0 Å². The summed E-state index contributed by atoms with van der Waals surface area (Å²) in [4.78, 5) is 4.64. The van der Waals surface area contributed by atoms with E-state index >= 15 is 0 Å². The van der Waals surface area contributed by atoms with Gasteiger partial charge in [-0.25, -0.2) is 4.98 Å². The van der Waals surface area contributed by atoms with E-state index in [1.165, 1.54) is 11.3 Å². The SMILES string of the molecule is CC(Cn1ccsc1=N)c1ccc(Cl)nc1. The van der Waals surface area contributed by atoms with Crippen molar-refractivity contribution in [2.75, 3.05) is 0 Å². The zero-order valence-corrected chi connectivity index (χ0v) is 10.4. The number of aromatic nitrogens is 2. The van der Waals surface area contributed by atoms with Gasteiger partial charge in [-0.3, -0.25) is 5.41 Å². The molecule has 1 N–H and O–H groups in total. The molecule has 2 rings (SSSR count). The Kier molecular flexibility index (Phi) is 3.41. The quantitative estimate of drug-likeness (QED) is 0.840. The van der Waals surface area contributed by atoms with E-state index in [-0.39, 0.29) is 0 Å². The number of hydrogen-bond donors (Lipinski definition) is 1. The molecular weight excluding hydrogens is 242 g/mol. The van der Waals surface area contributed by atoms with E-state index in [0.717, 1.165) is 12.1 Å². The van der Waals surface area contributed by atoms with Crippen molar-refractivity contribution >= 4 is 22.9 Å². The van der Waals surface area contributed by atoms with Gasteiger partial charge in [-0.1, -0.05) is 24.6 Å². The number of rotatable bonds is 3. The summed E-state index contributed by atoms with van der Waals surface area (Å²) < 4.78 is 1.93. The fourth-order valence-electron chi connectivity index (χ4n) is 1.53. The van der Waals surface area contributed by atoms with Crippen molar-refractivity contribution in [1.29, 1.82) is 5.41 Å². The summed E-state index contributed by atoms with van der Waals surface area (Å²) in [5.74, 6) is 0.327. The van der Waals surface area contributed by atoms with Crippen molar-refractivity contribution in [2.24, 2.45) is 0 Å². The molecule has 0 fully saturated rings. The highest BCUT2D eigenvalue weighted by molar-refractivity contribution is 7.06. The van der Waals surface area contributed by atoms with Gasteiger partial charge in [0.15, 0.2) is 4.80 Å². The molecule has 2 heterocycles. The first-order valence-corrected chi connectivity index (χ1v) is 6.22. The summed E-state index contributed by atoms with van der Waals surface area (Å²) >= 11 is 7.18. The first-order chi connectivity index (χ1) is 7.66. The molecule has 3 nitrogen and oxygen atoms in total. The Morgan fingerprint density at radius 1 is 1.56 bits per heavy atom. The molecule has 0 bridgehead atoms. The van der Waals surface area contributed by atoms with Gasteiger partial charge in [0.1, 0.15) is 5.15 Å². The molecule has 0 aliphatic carbocycles.